The topological polar surface area (TPSA) is 42.9 Å². The second-order valence-corrected chi connectivity index (χ2v) is 4.93. The summed E-state index contributed by atoms with van der Waals surface area (Å²) in [5.74, 6) is 0. The molecule has 0 saturated carbocycles. The maximum atomic E-state index is 10.4. The van der Waals surface area contributed by atoms with Gasteiger partial charge in [0.1, 0.15) is 0 Å². The Labute approximate surface area is 105 Å². The molecule has 0 saturated heterocycles. The van der Waals surface area contributed by atoms with Crippen LogP contribution in [-0.2, 0) is 0 Å². The summed E-state index contributed by atoms with van der Waals surface area (Å²) in [4.78, 5) is 19.6. The number of carbonyl (C=O) groups is 1. The first-order chi connectivity index (χ1) is 7.78. The van der Waals surface area contributed by atoms with Crippen LogP contribution in [0.15, 0.2) is 51.2 Å². The number of hydrogen-bond donors (Lipinski definition) is 0. The second kappa shape index (κ2) is 5.23. The van der Waals surface area contributed by atoms with E-state index in [9.17, 15) is 4.79 Å². The number of halogens is 1. The molecular formula is C11H7BrN2OS. The third kappa shape index (κ3) is 2.90. The van der Waals surface area contributed by atoms with Crippen LogP contribution in [0.3, 0.4) is 0 Å². The van der Waals surface area contributed by atoms with Gasteiger partial charge in [0, 0.05) is 21.8 Å². The highest BCUT2D eigenvalue weighted by atomic mass is 79.9. The zero-order valence-electron chi connectivity index (χ0n) is 8.13. The molecule has 2 rings (SSSR count). The average molecular weight is 295 g/mol. The van der Waals surface area contributed by atoms with Crippen LogP contribution in [0.25, 0.3) is 0 Å². The van der Waals surface area contributed by atoms with E-state index in [0.717, 1.165) is 15.7 Å². The van der Waals surface area contributed by atoms with Gasteiger partial charge in [0.15, 0.2) is 11.4 Å². The van der Waals surface area contributed by atoms with Crippen molar-refractivity contribution in [1.82, 2.24) is 9.97 Å². The van der Waals surface area contributed by atoms with Gasteiger partial charge in [-0.2, -0.15) is 0 Å². The lowest BCUT2D eigenvalue weighted by molar-refractivity contribution is 0.112. The van der Waals surface area contributed by atoms with E-state index in [2.05, 4.69) is 25.9 Å². The van der Waals surface area contributed by atoms with Crippen molar-refractivity contribution in [2.75, 3.05) is 0 Å². The third-order valence-corrected chi connectivity index (χ3v) is 3.24. The minimum Gasteiger partial charge on any atom is -0.298 e. The van der Waals surface area contributed by atoms with E-state index in [-0.39, 0.29) is 0 Å². The van der Waals surface area contributed by atoms with Gasteiger partial charge >= 0.3 is 0 Å². The van der Waals surface area contributed by atoms with E-state index >= 15 is 0 Å². The fraction of sp³-hybridized carbons (Fsp3) is 0. The van der Waals surface area contributed by atoms with Crippen molar-refractivity contribution < 1.29 is 4.79 Å². The van der Waals surface area contributed by atoms with E-state index in [0.29, 0.717) is 10.7 Å². The number of benzene rings is 1. The first-order valence-corrected chi connectivity index (χ1v) is 6.09. The molecule has 16 heavy (non-hydrogen) atoms. The Kier molecular flexibility index (Phi) is 3.69. The maximum absolute atomic E-state index is 10.4. The van der Waals surface area contributed by atoms with Gasteiger partial charge in [-0.15, -0.1) is 0 Å². The molecule has 0 radical (unpaired) electrons. The lowest BCUT2D eigenvalue weighted by Crippen LogP contribution is -1.88. The summed E-state index contributed by atoms with van der Waals surface area (Å²) in [6.45, 7) is 0. The van der Waals surface area contributed by atoms with Crippen LogP contribution in [-0.4, -0.2) is 16.3 Å². The minimum atomic E-state index is 0.486. The maximum Gasteiger partial charge on any atom is 0.192 e. The summed E-state index contributed by atoms with van der Waals surface area (Å²) in [5.41, 5.74) is 0.486. The van der Waals surface area contributed by atoms with Crippen molar-refractivity contribution in [3.05, 3.63) is 46.7 Å². The highest BCUT2D eigenvalue weighted by Gasteiger charge is 2.00. The van der Waals surface area contributed by atoms with E-state index in [4.69, 9.17) is 0 Å². The number of rotatable bonds is 3. The smallest absolute Gasteiger partial charge is 0.192 e. The first kappa shape index (κ1) is 11.3. The van der Waals surface area contributed by atoms with Crippen molar-refractivity contribution in [3.63, 3.8) is 0 Å². The zero-order valence-corrected chi connectivity index (χ0v) is 10.5. The van der Waals surface area contributed by atoms with Crippen LogP contribution in [0.4, 0.5) is 0 Å². The number of nitrogens with zero attached hydrogens (tertiary/aromatic N) is 2. The summed E-state index contributed by atoms with van der Waals surface area (Å²) in [6, 6.07) is 7.88. The lowest BCUT2D eigenvalue weighted by atomic mass is 10.4. The molecule has 0 atom stereocenters. The molecule has 1 heterocycles. The van der Waals surface area contributed by atoms with Crippen LogP contribution in [0, 0.1) is 0 Å². The van der Waals surface area contributed by atoms with Gasteiger partial charge in [-0.05, 0) is 36.0 Å². The summed E-state index contributed by atoms with van der Waals surface area (Å²) in [7, 11) is 0. The van der Waals surface area contributed by atoms with Gasteiger partial charge < -0.3 is 0 Å². The van der Waals surface area contributed by atoms with E-state index < -0.39 is 0 Å². The molecule has 2 aromatic rings. The fourth-order valence-electron chi connectivity index (χ4n) is 1.05. The van der Waals surface area contributed by atoms with Gasteiger partial charge in [0.25, 0.3) is 0 Å². The van der Waals surface area contributed by atoms with Gasteiger partial charge in [-0.1, -0.05) is 15.9 Å². The molecule has 80 valence electrons. The average Bonchev–Trinajstić information content (AvgIpc) is 2.33. The summed E-state index contributed by atoms with van der Waals surface area (Å²) in [6.07, 6.45) is 3.76. The molecule has 5 heteroatoms. The first-order valence-electron chi connectivity index (χ1n) is 4.48. The molecule has 1 aromatic heterocycles. The van der Waals surface area contributed by atoms with Gasteiger partial charge in [0.2, 0.25) is 0 Å². The van der Waals surface area contributed by atoms with Crippen molar-refractivity contribution in [3.8, 4) is 0 Å². The molecule has 0 unspecified atom stereocenters. The number of hydrogen-bond acceptors (Lipinski definition) is 4. The summed E-state index contributed by atoms with van der Waals surface area (Å²) < 4.78 is 1.04. The molecular weight excluding hydrogens is 288 g/mol. The minimum absolute atomic E-state index is 0.486. The molecule has 1 aromatic carbocycles. The summed E-state index contributed by atoms with van der Waals surface area (Å²) in [5, 5.41) is 0.632. The molecule has 0 spiro atoms. The Morgan fingerprint density at radius 2 is 1.75 bits per heavy atom. The van der Waals surface area contributed by atoms with Gasteiger partial charge in [0.05, 0.1) is 5.56 Å². The standard InChI is InChI=1S/C11H7BrN2OS/c12-9-1-3-10(4-2-9)16-11-13-5-8(7-15)6-14-11/h1-7H. The van der Waals surface area contributed by atoms with Gasteiger partial charge in [-0.3, -0.25) is 4.79 Å². The zero-order chi connectivity index (χ0) is 11.4. The van der Waals surface area contributed by atoms with Crippen molar-refractivity contribution in [2.45, 2.75) is 10.1 Å². The Hall–Kier alpha value is -1.20. The molecule has 0 fully saturated rings. The molecule has 0 N–H and O–H groups in total. The quantitative estimate of drug-likeness (QED) is 0.644. The van der Waals surface area contributed by atoms with Crippen LogP contribution < -0.4 is 0 Å². The van der Waals surface area contributed by atoms with Crippen molar-refractivity contribution in [2.24, 2.45) is 0 Å². The van der Waals surface area contributed by atoms with Crippen LogP contribution in [0.1, 0.15) is 10.4 Å². The molecule has 0 amide bonds. The molecule has 0 aliphatic heterocycles. The van der Waals surface area contributed by atoms with E-state index in [1.807, 2.05) is 24.3 Å². The predicted molar refractivity (Wildman–Crippen MR) is 65.7 cm³/mol. The van der Waals surface area contributed by atoms with Crippen LogP contribution >= 0.6 is 27.7 Å². The fourth-order valence-corrected chi connectivity index (χ4v) is 2.01. The highest BCUT2D eigenvalue weighted by Crippen LogP contribution is 2.25. The molecule has 0 aliphatic rings. The number of aldehydes is 1. The van der Waals surface area contributed by atoms with E-state index in [1.54, 1.807) is 0 Å². The Balaban J connectivity index is 2.14. The second-order valence-electron chi connectivity index (χ2n) is 2.97. The van der Waals surface area contributed by atoms with Crippen LogP contribution in [0.5, 0.6) is 0 Å². The molecule has 0 bridgehead atoms. The Morgan fingerprint density at radius 3 is 2.31 bits per heavy atom. The summed E-state index contributed by atoms with van der Waals surface area (Å²) >= 11 is 4.83. The van der Waals surface area contributed by atoms with E-state index in [1.165, 1.54) is 24.2 Å². The molecule has 3 nitrogen and oxygen atoms in total. The lowest BCUT2D eigenvalue weighted by Gasteiger charge is -1.99. The monoisotopic (exact) mass is 294 g/mol. The van der Waals surface area contributed by atoms with Crippen molar-refractivity contribution >= 4 is 34.0 Å². The van der Waals surface area contributed by atoms with Gasteiger partial charge in [-0.25, -0.2) is 9.97 Å². The third-order valence-electron chi connectivity index (χ3n) is 1.81. The largest absolute Gasteiger partial charge is 0.298 e. The van der Waals surface area contributed by atoms with Crippen LogP contribution in [0.2, 0.25) is 0 Å². The number of aromatic nitrogens is 2. The SMILES string of the molecule is O=Cc1cnc(Sc2ccc(Br)cc2)nc1. The number of carbonyl (C=O) groups excluding carboxylic acids is 1. The highest BCUT2D eigenvalue weighted by molar-refractivity contribution is 9.10. The predicted octanol–water partition coefficient (Wildman–Crippen LogP) is 3.20. The van der Waals surface area contributed by atoms with Crippen molar-refractivity contribution in [1.29, 1.82) is 0 Å². The Bertz CT molecular complexity index is 484. The normalized spacial score (nSPS) is 10.1. The Morgan fingerprint density at radius 1 is 1.12 bits per heavy atom. The molecule has 0 aliphatic carbocycles.